The van der Waals surface area contributed by atoms with Crippen LogP contribution in [-0.4, -0.2) is 30.2 Å². The SMILES string of the molecule is CC(=O)OC(=O)C(F)(F)F.Cc1ccc(Br)cc1N.Cc1ccc(Br)cc1NC(=O)C(F)(F)F. The summed E-state index contributed by atoms with van der Waals surface area (Å²) in [5.74, 6) is -5.73. The van der Waals surface area contributed by atoms with E-state index >= 15 is 0 Å². The van der Waals surface area contributed by atoms with Gasteiger partial charge in [-0.3, -0.25) is 9.59 Å². The largest absolute Gasteiger partial charge is 0.491 e. The van der Waals surface area contributed by atoms with E-state index < -0.39 is 30.2 Å². The highest BCUT2D eigenvalue weighted by molar-refractivity contribution is 9.10. The zero-order chi connectivity index (χ0) is 26.9. The van der Waals surface area contributed by atoms with E-state index in [1.165, 1.54) is 6.07 Å². The van der Waals surface area contributed by atoms with Crippen LogP contribution in [0.15, 0.2) is 45.3 Å². The van der Waals surface area contributed by atoms with E-state index in [1.54, 1.807) is 24.4 Å². The number of nitrogens with one attached hydrogen (secondary N) is 1. The summed E-state index contributed by atoms with van der Waals surface area (Å²) in [5.41, 5.74) is 8.26. The van der Waals surface area contributed by atoms with Crippen molar-refractivity contribution in [3.8, 4) is 0 Å². The minimum atomic E-state index is -5.09. The lowest BCUT2D eigenvalue weighted by Gasteiger charge is -2.10. The van der Waals surface area contributed by atoms with E-state index in [0.717, 1.165) is 15.7 Å². The molecule has 0 aliphatic carbocycles. The fourth-order valence-corrected chi connectivity index (χ4v) is 2.46. The minimum absolute atomic E-state index is 0.145. The number of hydrogen-bond donors (Lipinski definition) is 2. The number of ether oxygens (including phenoxy) is 1. The van der Waals surface area contributed by atoms with Gasteiger partial charge in [0.2, 0.25) is 0 Å². The number of aryl methyl sites for hydroxylation is 2. The average molecular weight is 624 g/mol. The van der Waals surface area contributed by atoms with Crippen molar-refractivity contribution in [3.63, 3.8) is 0 Å². The second-order valence-corrected chi connectivity index (χ2v) is 8.12. The third-order valence-corrected chi connectivity index (χ3v) is 4.40. The van der Waals surface area contributed by atoms with Gasteiger partial charge in [0, 0.05) is 27.2 Å². The van der Waals surface area contributed by atoms with E-state index in [1.807, 2.05) is 25.1 Å². The number of carbonyl (C=O) groups is 3. The Kier molecular flexibility index (Phi) is 12.3. The third-order valence-electron chi connectivity index (χ3n) is 3.41. The van der Waals surface area contributed by atoms with Crippen LogP contribution in [0.2, 0.25) is 0 Å². The molecule has 0 fully saturated rings. The number of hydrogen-bond acceptors (Lipinski definition) is 5. The van der Waals surface area contributed by atoms with Crippen LogP contribution in [0.4, 0.5) is 37.7 Å². The number of nitrogen functional groups attached to an aromatic ring is 1. The molecule has 1 amide bonds. The highest BCUT2D eigenvalue weighted by Gasteiger charge is 2.42. The Labute approximate surface area is 207 Å². The highest BCUT2D eigenvalue weighted by atomic mass is 79.9. The fourth-order valence-electron chi connectivity index (χ4n) is 1.72. The molecule has 14 heteroatoms. The molecular formula is C20H18Br2F6N2O4. The number of carbonyl (C=O) groups excluding carboxylic acids is 3. The molecule has 188 valence electrons. The molecule has 3 N–H and O–H groups in total. The summed E-state index contributed by atoms with van der Waals surface area (Å²) in [7, 11) is 0. The molecule has 0 bridgehead atoms. The number of nitrogens with two attached hydrogens (primary N) is 1. The first kappa shape index (κ1) is 31.4. The minimum Gasteiger partial charge on any atom is -0.398 e. The Hall–Kier alpha value is -2.61. The van der Waals surface area contributed by atoms with Gasteiger partial charge in [-0.25, -0.2) is 4.79 Å². The Balaban J connectivity index is 0.000000503. The van der Waals surface area contributed by atoms with Gasteiger partial charge in [0.1, 0.15) is 0 Å². The van der Waals surface area contributed by atoms with Gasteiger partial charge in [-0.2, -0.15) is 26.3 Å². The normalized spacial score (nSPS) is 10.7. The van der Waals surface area contributed by atoms with E-state index in [2.05, 4.69) is 36.6 Å². The zero-order valence-corrected chi connectivity index (χ0v) is 20.9. The average Bonchev–Trinajstić information content (AvgIpc) is 2.67. The molecule has 6 nitrogen and oxygen atoms in total. The van der Waals surface area contributed by atoms with E-state index in [0.29, 0.717) is 17.0 Å². The number of halogens is 8. The Morgan fingerprint density at radius 1 is 0.853 bits per heavy atom. The smallest absolute Gasteiger partial charge is 0.398 e. The molecule has 0 unspecified atom stereocenters. The molecule has 2 rings (SSSR count). The lowest BCUT2D eigenvalue weighted by atomic mass is 10.2. The van der Waals surface area contributed by atoms with E-state index in [-0.39, 0.29) is 5.69 Å². The van der Waals surface area contributed by atoms with Crippen LogP contribution in [0.1, 0.15) is 18.1 Å². The van der Waals surface area contributed by atoms with Gasteiger partial charge in [0.05, 0.1) is 0 Å². The predicted octanol–water partition coefficient (Wildman–Crippen LogP) is 6.24. The van der Waals surface area contributed by atoms with Crippen LogP contribution in [-0.2, 0) is 19.1 Å². The topological polar surface area (TPSA) is 98.5 Å². The standard InChI is InChI=1S/C9H7BrF3NO.C7H8BrN.C4H3F3O3/c1-5-2-3-6(10)4-7(5)14-8(15)9(11,12)13;1-5-2-3-6(8)4-7(5)9;1-2(8)10-3(9)4(5,6)7/h2-4H,1H3,(H,14,15);2-4H,9H2,1H3;1H3. The molecule has 0 heterocycles. The first-order chi connectivity index (χ1) is 15.3. The highest BCUT2D eigenvalue weighted by Crippen LogP contribution is 2.23. The Morgan fingerprint density at radius 2 is 1.32 bits per heavy atom. The maximum absolute atomic E-state index is 11.9. The van der Waals surface area contributed by atoms with Crippen molar-refractivity contribution in [1.82, 2.24) is 0 Å². The molecule has 0 saturated heterocycles. The Morgan fingerprint density at radius 3 is 1.68 bits per heavy atom. The van der Waals surface area contributed by atoms with Crippen molar-refractivity contribution in [2.75, 3.05) is 11.1 Å². The zero-order valence-electron chi connectivity index (χ0n) is 17.7. The predicted molar refractivity (Wildman–Crippen MR) is 120 cm³/mol. The fraction of sp³-hybridized carbons (Fsp3) is 0.250. The molecular weight excluding hydrogens is 606 g/mol. The lowest BCUT2D eigenvalue weighted by Crippen LogP contribution is -2.30. The molecule has 0 aliphatic rings. The van der Waals surface area contributed by atoms with E-state index in [9.17, 15) is 40.7 Å². The number of rotatable bonds is 1. The first-order valence-corrected chi connectivity index (χ1v) is 10.4. The molecule has 0 saturated carbocycles. The van der Waals surface area contributed by atoms with Crippen LogP contribution in [0, 0.1) is 13.8 Å². The van der Waals surface area contributed by atoms with Crippen LogP contribution in [0.25, 0.3) is 0 Å². The molecule has 2 aromatic carbocycles. The van der Waals surface area contributed by atoms with Crippen LogP contribution in [0.5, 0.6) is 0 Å². The molecule has 0 aromatic heterocycles. The third kappa shape index (κ3) is 12.6. The number of anilines is 2. The van der Waals surface area contributed by atoms with Gasteiger partial charge in [0.15, 0.2) is 0 Å². The quantitative estimate of drug-likeness (QED) is 0.170. The van der Waals surface area contributed by atoms with Gasteiger partial charge in [-0.1, -0.05) is 44.0 Å². The van der Waals surface area contributed by atoms with Crippen LogP contribution >= 0.6 is 31.9 Å². The van der Waals surface area contributed by atoms with Crippen molar-refractivity contribution in [2.24, 2.45) is 0 Å². The Bertz CT molecular complexity index is 1030. The summed E-state index contributed by atoms with van der Waals surface area (Å²) >= 11 is 6.42. The van der Waals surface area contributed by atoms with Crippen LogP contribution < -0.4 is 11.1 Å². The maximum atomic E-state index is 11.9. The number of esters is 2. The van der Waals surface area contributed by atoms with Gasteiger partial charge in [-0.05, 0) is 49.2 Å². The summed E-state index contributed by atoms with van der Waals surface area (Å²) in [6, 6.07) is 10.6. The monoisotopic (exact) mass is 622 g/mol. The number of amides is 1. The first-order valence-electron chi connectivity index (χ1n) is 8.80. The maximum Gasteiger partial charge on any atom is 0.491 e. The molecule has 34 heavy (non-hydrogen) atoms. The van der Waals surface area contributed by atoms with Crippen LogP contribution in [0.3, 0.4) is 0 Å². The second-order valence-electron chi connectivity index (χ2n) is 6.29. The van der Waals surface area contributed by atoms with Gasteiger partial charge in [-0.15, -0.1) is 0 Å². The summed E-state index contributed by atoms with van der Waals surface area (Å²) in [4.78, 5) is 30.1. The van der Waals surface area contributed by atoms with Crippen molar-refractivity contribution >= 4 is 61.1 Å². The second kappa shape index (κ2) is 13.3. The molecule has 2 aromatic rings. The van der Waals surface area contributed by atoms with Gasteiger partial charge in [0.25, 0.3) is 0 Å². The van der Waals surface area contributed by atoms with Crippen molar-refractivity contribution in [1.29, 1.82) is 0 Å². The van der Waals surface area contributed by atoms with Crippen molar-refractivity contribution in [2.45, 2.75) is 33.1 Å². The summed E-state index contributed by atoms with van der Waals surface area (Å²) in [5, 5.41) is 1.80. The number of alkyl halides is 6. The molecule has 0 radical (unpaired) electrons. The van der Waals surface area contributed by atoms with Crippen molar-refractivity contribution in [3.05, 3.63) is 56.5 Å². The lowest BCUT2D eigenvalue weighted by molar-refractivity contribution is -0.201. The summed E-state index contributed by atoms with van der Waals surface area (Å²) in [6.07, 6.45) is -9.96. The van der Waals surface area contributed by atoms with Crippen molar-refractivity contribution < 1.29 is 45.5 Å². The van der Waals surface area contributed by atoms with Gasteiger partial charge >= 0.3 is 30.2 Å². The van der Waals surface area contributed by atoms with E-state index in [4.69, 9.17) is 5.73 Å². The molecule has 0 aliphatic heterocycles. The molecule has 0 atom stereocenters. The number of benzene rings is 2. The molecule has 0 spiro atoms. The van der Waals surface area contributed by atoms with Gasteiger partial charge < -0.3 is 15.8 Å². The summed E-state index contributed by atoms with van der Waals surface area (Å²) in [6.45, 7) is 4.31. The summed E-state index contributed by atoms with van der Waals surface area (Å²) < 4.78 is 74.2.